The third kappa shape index (κ3) is 2.98. The van der Waals surface area contributed by atoms with Gasteiger partial charge in [-0.15, -0.1) is 0 Å². The minimum atomic E-state index is 0.198. The van der Waals surface area contributed by atoms with E-state index in [4.69, 9.17) is 10.2 Å². The summed E-state index contributed by atoms with van der Waals surface area (Å²) in [6.45, 7) is 2.22. The SMILES string of the molecule is CC1(c2nc(-c3ccnc(CCCC#N)n3)c(Br)[nH]2)CC1. The summed E-state index contributed by atoms with van der Waals surface area (Å²) < 4.78 is 0.868. The molecule has 0 aromatic carbocycles. The fourth-order valence-electron chi connectivity index (χ4n) is 2.21. The Morgan fingerprint density at radius 2 is 2.24 bits per heavy atom. The fraction of sp³-hybridized carbons (Fsp3) is 0.467. The Kier molecular flexibility index (Phi) is 3.77. The first kappa shape index (κ1) is 14.2. The quantitative estimate of drug-likeness (QED) is 0.840. The minimum Gasteiger partial charge on any atom is -0.336 e. The molecule has 0 atom stereocenters. The van der Waals surface area contributed by atoms with E-state index in [0.717, 1.165) is 34.1 Å². The maximum atomic E-state index is 8.59. The van der Waals surface area contributed by atoms with Gasteiger partial charge in [0.15, 0.2) is 0 Å². The first-order valence-corrected chi connectivity index (χ1v) is 7.87. The number of hydrogen-bond donors (Lipinski definition) is 1. The predicted molar refractivity (Wildman–Crippen MR) is 82.5 cm³/mol. The summed E-state index contributed by atoms with van der Waals surface area (Å²) in [6.07, 6.45) is 6.13. The standard InChI is InChI=1S/C15H16BrN5/c1-15(6-7-15)14-20-12(13(16)21-14)10-5-9-18-11(19-10)4-2-3-8-17/h5,9H,2-4,6-7H2,1H3,(H,20,21). The first-order valence-electron chi connectivity index (χ1n) is 7.08. The van der Waals surface area contributed by atoms with Crippen LogP contribution in [0.15, 0.2) is 16.9 Å². The third-order valence-corrected chi connectivity index (χ3v) is 4.44. The Balaban J connectivity index is 1.85. The van der Waals surface area contributed by atoms with Crippen molar-refractivity contribution in [2.75, 3.05) is 0 Å². The van der Waals surface area contributed by atoms with Crippen molar-refractivity contribution in [1.29, 1.82) is 5.26 Å². The summed E-state index contributed by atoms with van der Waals surface area (Å²) in [5, 5.41) is 8.59. The second-order valence-electron chi connectivity index (χ2n) is 5.68. The van der Waals surface area contributed by atoms with Gasteiger partial charge in [-0.2, -0.15) is 5.26 Å². The van der Waals surface area contributed by atoms with Crippen LogP contribution in [-0.2, 0) is 11.8 Å². The molecule has 6 heteroatoms. The molecule has 1 fully saturated rings. The van der Waals surface area contributed by atoms with Crippen molar-refractivity contribution in [1.82, 2.24) is 19.9 Å². The highest BCUT2D eigenvalue weighted by Crippen LogP contribution is 2.47. The number of halogens is 1. The normalized spacial score (nSPS) is 15.7. The molecule has 0 radical (unpaired) electrons. The van der Waals surface area contributed by atoms with Gasteiger partial charge in [0, 0.05) is 24.5 Å². The number of hydrogen-bond acceptors (Lipinski definition) is 4. The second-order valence-corrected chi connectivity index (χ2v) is 6.47. The van der Waals surface area contributed by atoms with Gasteiger partial charge in [-0.3, -0.25) is 0 Å². The highest BCUT2D eigenvalue weighted by atomic mass is 79.9. The lowest BCUT2D eigenvalue weighted by Crippen LogP contribution is -2.02. The zero-order valence-electron chi connectivity index (χ0n) is 11.9. The van der Waals surface area contributed by atoms with Crippen LogP contribution in [0.5, 0.6) is 0 Å². The van der Waals surface area contributed by atoms with Crippen molar-refractivity contribution >= 4 is 15.9 Å². The fourth-order valence-corrected chi connectivity index (χ4v) is 2.69. The Bertz CT molecular complexity index is 696. The maximum Gasteiger partial charge on any atom is 0.129 e. The van der Waals surface area contributed by atoms with Crippen molar-refractivity contribution in [2.24, 2.45) is 0 Å². The molecule has 0 unspecified atom stereocenters. The van der Waals surface area contributed by atoms with Crippen LogP contribution in [0.1, 0.15) is 44.3 Å². The summed E-state index contributed by atoms with van der Waals surface area (Å²) in [4.78, 5) is 16.8. The van der Waals surface area contributed by atoms with E-state index >= 15 is 0 Å². The number of nitrogens with zero attached hydrogens (tertiary/aromatic N) is 4. The zero-order chi connectivity index (χ0) is 14.9. The molecule has 0 spiro atoms. The molecule has 0 amide bonds. The van der Waals surface area contributed by atoms with Gasteiger partial charge in [-0.1, -0.05) is 6.92 Å². The summed E-state index contributed by atoms with van der Waals surface area (Å²) in [7, 11) is 0. The van der Waals surface area contributed by atoms with Crippen LogP contribution in [0, 0.1) is 11.3 Å². The lowest BCUT2D eigenvalue weighted by atomic mass is 10.1. The molecule has 1 N–H and O–H groups in total. The van der Waals surface area contributed by atoms with Gasteiger partial charge >= 0.3 is 0 Å². The molecule has 1 aliphatic carbocycles. The van der Waals surface area contributed by atoms with Gasteiger partial charge in [0.25, 0.3) is 0 Å². The van der Waals surface area contributed by atoms with Gasteiger partial charge in [0.2, 0.25) is 0 Å². The molecule has 3 rings (SSSR count). The van der Waals surface area contributed by atoms with Gasteiger partial charge < -0.3 is 4.98 Å². The van der Waals surface area contributed by atoms with Gasteiger partial charge in [-0.05, 0) is 41.3 Å². The Morgan fingerprint density at radius 1 is 1.43 bits per heavy atom. The van der Waals surface area contributed by atoms with Crippen LogP contribution in [-0.4, -0.2) is 19.9 Å². The van der Waals surface area contributed by atoms with Gasteiger partial charge in [-0.25, -0.2) is 15.0 Å². The van der Waals surface area contributed by atoms with Crippen molar-refractivity contribution in [2.45, 2.75) is 44.4 Å². The maximum absolute atomic E-state index is 8.59. The van der Waals surface area contributed by atoms with E-state index in [1.165, 1.54) is 12.8 Å². The van der Waals surface area contributed by atoms with Crippen LogP contribution in [0.3, 0.4) is 0 Å². The smallest absolute Gasteiger partial charge is 0.129 e. The minimum absolute atomic E-state index is 0.198. The predicted octanol–water partition coefficient (Wildman–Crippen LogP) is 3.53. The van der Waals surface area contributed by atoms with Gasteiger partial charge in [0.1, 0.15) is 21.9 Å². The molecule has 108 valence electrons. The number of aromatic amines is 1. The van der Waals surface area contributed by atoms with Gasteiger partial charge in [0.05, 0.1) is 11.8 Å². The lowest BCUT2D eigenvalue weighted by Gasteiger charge is -2.02. The molecule has 2 heterocycles. The van der Waals surface area contributed by atoms with E-state index < -0.39 is 0 Å². The van der Waals surface area contributed by atoms with Crippen molar-refractivity contribution in [3.8, 4) is 17.5 Å². The zero-order valence-corrected chi connectivity index (χ0v) is 13.4. The number of rotatable bonds is 5. The molecule has 2 aromatic heterocycles. The van der Waals surface area contributed by atoms with Crippen molar-refractivity contribution in [3.05, 3.63) is 28.5 Å². The summed E-state index contributed by atoms with van der Waals surface area (Å²) in [6, 6.07) is 4.01. The van der Waals surface area contributed by atoms with E-state index in [9.17, 15) is 0 Å². The number of aryl methyl sites for hydroxylation is 1. The largest absolute Gasteiger partial charge is 0.336 e. The third-order valence-electron chi connectivity index (χ3n) is 3.87. The van der Waals surface area contributed by atoms with Crippen LogP contribution in [0.25, 0.3) is 11.4 Å². The summed E-state index contributed by atoms with van der Waals surface area (Å²) in [5.74, 6) is 1.78. The van der Waals surface area contributed by atoms with Crippen LogP contribution < -0.4 is 0 Å². The Labute approximate surface area is 132 Å². The topological polar surface area (TPSA) is 78.2 Å². The van der Waals surface area contributed by atoms with E-state index in [-0.39, 0.29) is 5.41 Å². The van der Waals surface area contributed by atoms with Crippen molar-refractivity contribution in [3.63, 3.8) is 0 Å². The average molecular weight is 346 g/mol. The molecule has 2 aromatic rings. The lowest BCUT2D eigenvalue weighted by molar-refractivity contribution is 0.723. The number of H-pyrrole nitrogens is 1. The van der Waals surface area contributed by atoms with Crippen LogP contribution in [0.2, 0.25) is 0 Å². The molecule has 0 aliphatic heterocycles. The molecule has 5 nitrogen and oxygen atoms in total. The summed E-state index contributed by atoms with van der Waals surface area (Å²) >= 11 is 3.54. The number of nitriles is 1. The van der Waals surface area contributed by atoms with E-state index in [2.05, 4.69) is 43.9 Å². The average Bonchev–Trinajstić information content (AvgIpc) is 3.10. The molecular weight excluding hydrogens is 330 g/mol. The van der Waals surface area contributed by atoms with Crippen LogP contribution in [0.4, 0.5) is 0 Å². The second kappa shape index (κ2) is 5.57. The Hall–Kier alpha value is -1.74. The highest BCUT2D eigenvalue weighted by molar-refractivity contribution is 9.10. The Morgan fingerprint density at radius 3 is 2.95 bits per heavy atom. The molecule has 1 aliphatic rings. The first-order chi connectivity index (χ1) is 10.1. The number of imidazole rings is 1. The number of aromatic nitrogens is 4. The van der Waals surface area contributed by atoms with E-state index in [0.29, 0.717) is 12.8 Å². The molecule has 21 heavy (non-hydrogen) atoms. The monoisotopic (exact) mass is 345 g/mol. The molecular formula is C15H16BrN5. The molecule has 0 saturated heterocycles. The number of nitrogens with one attached hydrogen (secondary N) is 1. The van der Waals surface area contributed by atoms with Crippen LogP contribution >= 0.6 is 15.9 Å². The summed E-state index contributed by atoms with van der Waals surface area (Å²) in [5.41, 5.74) is 1.85. The van der Waals surface area contributed by atoms with E-state index in [1.54, 1.807) is 6.20 Å². The molecule has 0 bridgehead atoms. The van der Waals surface area contributed by atoms with Crippen molar-refractivity contribution < 1.29 is 0 Å². The molecule has 1 saturated carbocycles. The van der Waals surface area contributed by atoms with E-state index in [1.807, 2.05) is 6.07 Å². The number of unbranched alkanes of at least 4 members (excludes halogenated alkanes) is 1. The highest BCUT2D eigenvalue weighted by Gasteiger charge is 2.42.